The van der Waals surface area contributed by atoms with E-state index in [0.717, 1.165) is 37.6 Å². The van der Waals surface area contributed by atoms with Crippen molar-refractivity contribution in [3.05, 3.63) is 0 Å². The lowest BCUT2D eigenvalue weighted by molar-refractivity contribution is -0.135. The Morgan fingerprint density at radius 1 is 1.38 bits per heavy atom. The van der Waals surface area contributed by atoms with Gasteiger partial charge in [0.15, 0.2) is 0 Å². The van der Waals surface area contributed by atoms with E-state index in [-0.39, 0.29) is 17.7 Å². The molecule has 0 radical (unpaired) electrons. The number of carbonyl (C=O) groups excluding carboxylic acids is 2. The molecule has 1 fully saturated rings. The second-order valence-corrected chi connectivity index (χ2v) is 5.02. The van der Waals surface area contributed by atoms with Crippen LogP contribution in [0.15, 0.2) is 0 Å². The number of nitrogens with zero attached hydrogens (tertiary/aromatic N) is 1. The second kappa shape index (κ2) is 6.89. The Hall–Kier alpha value is -0.580. The summed E-state index contributed by atoms with van der Waals surface area (Å²) in [6, 6.07) is 0. The minimum absolute atomic E-state index is 0.145. The zero-order valence-corrected chi connectivity index (χ0v) is 11.0. The molecule has 1 aliphatic heterocycles. The lowest BCUT2D eigenvalue weighted by Crippen LogP contribution is -2.44. The maximum atomic E-state index is 11.8. The number of primary amides is 1. The van der Waals surface area contributed by atoms with Crippen LogP contribution in [0.1, 0.15) is 32.1 Å². The van der Waals surface area contributed by atoms with Crippen molar-refractivity contribution in [3.8, 4) is 0 Å². The van der Waals surface area contributed by atoms with E-state index < -0.39 is 0 Å². The quantitative estimate of drug-likeness (QED) is 0.612. The number of nitrogens with two attached hydrogens (primary N) is 1. The number of carbonyl (C=O) groups is 2. The highest BCUT2D eigenvalue weighted by atomic mass is 79.9. The molecular weight excluding hydrogens is 272 g/mol. The van der Waals surface area contributed by atoms with Gasteiger partial charge in [0.1, 0.15) is 0 Å². The molecule has 92 valence electrons. The number of amides is 2. The van der Waals surface area contributed by atoms with Gasteiger partial charge in [0.25, 0.3) is 0 Å². The summed E-state index contributed by atoms with van der Waals surface area (Å²) in [6.45, 7) is 1.29. The van der Waals surface area contributed by atoms with E-state index in [1.807, 2.05) is 0 Å². The van der Waals surface area contributed by atoms with Gasteiger partial charge in [-0.05, 0) is 25.7 Å². The molecule has 2 N–H and O–H groups in total. The minimum atomic E-state index is -0.280. The molecule has 4 nitrogen and oxygen atoms in total. The number of halogens is 1. The smallest absolute Gasteiger partial charge is 0.222 e. The van der Waals surface area contributed by atoms with Gasteiger partial charge < -0.3 is 10.6 Å². The van der Waals surface area contributed by atoms with Crippen molar-refractivity contribution < 1.29 is 9.59 Å². The van der Waals surface area contributed by atoms with Crippen LogP contribution in [0.2, 0.25) is 0 Å². The molecule has 1 aliphatic rings. The fourth-order valence-corrected chi connectivity index (χ4v) is 2.36. The standard InChI is InChI=1S/C11H19BrN2O2/c12-6-2-1-5-10(15)14-7-3-4-9(8-14)11(13)16/h9H,1-8H2,(H2,13,16). The summed E-state index contributed by atoms with van der Waals surface area (Å²) < 4.78 is 0. The molecule has 0 saturated carbocycles. The highest BCUT2D eigenvalue weighted by molar-refractivity contribution is 9.09. The first-order valence-electron chi connectivity index (χ1n) is 5.78. The molecule has 0 bridgehead atoms. The summed E-state index contributed by atoms with van der Waals surface area (Å²) >= 11 is 3.34. The Morgan fingerprint density at radius 2 is 2.12 bits per heavy atom. The topological polar surface area (TPSA) is 63.4 Å². The summed E-state index contributed by atoms with van der Waals surface area (Å²) in [7, 11) is 0. The van der Waals surface area contributed by atoms with E-state index in [4.69, 9.17) is 5.73 Å². The van der Waals surface area contributed by atoms with Crippen molar-refractivity contribution in [2.45, 2.75) is 32.1 Å². The Labute approximate surface area is 105 Å². The van der Waals surface area contributed by atoms with E-state index >= 15 is 0 Å². The molecule has 0 aromatic carbocycles. The molecule has 0 aliphatic carbocycles. The van der Waals surface area contributed by atoms with Crippen LogP contribution < -0.4 is 5.73 Å². The first-order chi connectivity index (χ1) is 7.65. The van der Waals surface area contributed by atoms with Gasteiger partial charge in [0, 0.05) is 24.8 Å². The molecule has 0 spiro atoms. The fourth-order valence-electron chi connectivity index (χ4n) is 1.96. The van der Waals surface area contributed by atoms with Gasteiger partial charge >= 0.3 is 0 Å². The summed E-state index contributed by atoms with van der Waals surface area (Å²) in [5, 5.41) is 0.935. The first-order valence-corrected chi connectivity index (χ1v) is 6.90. The average molecular weight is 291 g/mol. The fraction of sp³-hybridized carbons (Fsp3) is 0.818. The third-order valence-corrected chi connectivity index (χ3v) is 3.51. The van der Waals surface area contributed by atoms with E-state index in [1.54, 1.807) is 4.90 Å². The summed E-state index contributed by atoms with van der Waals surface area (Å²) in [5.74, 6) is -0.265. The van der Waals surface area contributed by atoms with Gasteiger partial charge in [0.2, 0.25) is 11.8 Å². The molecular formula is C11H19BrN2O2. The number of unbranched alkanes of at least 4 members (excludes halogenated alkanes) is 1. The summed E-state index contributed by atoms with van der Waals surface area (Å²) in [6.07, 6.45) is 4.20. The average Bonchev–Trinajstić information content (AvgIpc) is 2.29. The van der Waals surface area contributed by atoms with Crippen molar-refractivity contribution in [1.82, 2.24) is 4.90 Å². The lowest BCUT2D eigenvalue weighted by atomic mass is 9.97. The molecule has 0 aromatic rings. The number of hydrogen-bond acceptors (Lipinski definition) is 2. The molecule has 1 saturated heterocycles. The zero-order chi connectivity index (χ0) is 12.0. The lowest BCUT2D eigenvalue weighted by Gasteiger charge is -2.31. The maximum absolute atomic E-state index is 11.8. The maximum Gasteiger partial charge on any atom is 0.222 e. The Morgan fingerprint density at radius 3 is 2.75 bits per heavy atom. The van der Waals surface area contributed by atoms with Crippen molar-refractivity contribution >= 4 is 27.7 Å². The highest BCUT2D eigenvalue weighted by Crippen LogP contribution is 2.17. The van der Waals surface area contributed by atoms with Gasteiger partial charge in [0.05, 0.1) is 5.92 Å². The van der Waals surface area contributed by atoms with E-state index in [2.05, 4.69) is 15.9 Å². The largest absolute Gasteiger partial charge is 0.369 e. The van der Waals surface area contributed by atoms with Gasteiger partial charge in [-0.3, -0.25) is 9.59 Å². The first kappa shape index (κ1) is 13.5. The van der Waals surface area contributed by atoms with Crippen LogP contribution in [0.25, 0.3) is 0 Å². The summed E-state index contributed by atoms with van der Waals surface area (Å²) in [5.41, 5.74) is 5.27. The van der Waals surface area contributed by atoms with Crippen LogP contribution in [-0.2, 0) is 9.59 Å². The van der Waals surface area contributed by atoms with Crippen LogP contribution in [0, 0.1) is 5.92 Å². The molecule has 16 heavy (non-hydrogen) atoms. The molecule has 1 heterocycles. The van der Waals surface area contributed by atoms with Crippen LogP contribution in [-0.4, -0.2) is 35.1 Å². The monoisotopic (exact) mass is 290 g/mol. The molecule has 5 heteroatoms. The molecule has 1 atom stereocenters. The van der Waals surface area contributed by atoms with Crippen LogP contribution >= 0.6 is 15.9 Å². The number of piperidine rings is 1. The van der Waals surface area contributed by atoms with E-state index in [1.165, 1.54) is 0 Å². The number of alkyl halides is 1. The van der Waals surface area contributed by atoms with Crippen LogP contribution in [0.4, 0.5) is 0 Å². The Bertz CT molecular complexity index is 258. The highest BCUT2D eigenvalue weighted by Gasteiger charge is 2.26. The number of rotatable bonds is 5. The third-order valence-electron chi connectivity index (χ3n) is 2.95. The number of hydrogen-bond donors (Lipinski definition) is 1. The Balaban J connectivity index is 2.35. The van der Waals surface area contributed by atoms with Crippen molar-refractivity contribution in [2.24, 2.45) is 11.7 Å². The van der Waals surface area contributed by atoms with Crippen molar-refractivity contribution in [3.63, 3.8) is 0 Å². The Kier molecular flexibility index (Phi) is 5.80. The van der Waals surface area contributed by atoms with Gasteiger partial charge in [-0.2, -0.15) is 0 Å². The number of likely N-dealkylation sites (tertiary alicyclic amines) is 1. The zero-order valence-electron chi connectivity index (χ0n) is 9.45. The minimum Gasteiger partial charge on any atom is -0.369 e. The summed E-state index contributed by atoms with van der Waals surface area (Å²) in [4.78, 5) is 24.6. The normalized spacial score (nSPS) is 20.8. The molecule has 1 unspecified atom stereocenters. The molecule has 2 amide bonds. The van der Waals surface area contributed by atoms with Crippen molar-refractivity contribution in [2.75, 3.05) is 18.4 Å². The van der Waals surface area contributed by atoms with E-state index in [9.17, 15) is 9.59 Å². The molecule has 1 rings (SSSR count). The van der Waals surface area contributed by atoms with Crippen LogP contribution in [0.5, 0.6) is 0 Å². The third kappa shape index (κ3) is 4.12. The van der Waals surface area contributed by atoms with Gasteiger partial charge in [-0.1, -0.05) is 15.9 Å². The molecule has 0 aromatic heterocycles. The SMILES string of the molecule is NC(=O)C1CCCN(C(=O)CCCCBr)C1. The predicted molar refractivity (Wildman–Crippen MR) is 66.1 cm³/mol. The van der Waals surface area contributed by atoms with Crippen molar-refractivity contribution in [1.29, 1.82) is 0 Å². The van der Waals surface area contributed by atoms with Crippen LogP contribution in [0.3, 0.4) is 0 Å². The second-order valence-electron chi connectivity index (χ2n) is 4.23. The van der Waals surface area contributed by atoms with E-state index in [0.29, 0.717) is 13.0 Å². The van der Waals surface area contributed by atoms with Gasteiger partial charge in [-0.25, -0.2) is 0 Å². The predicted octanol–water partition coefficient (Wildman–Crippen LogP) is 1.28. The van der Waals surface area contributed by atoms with Gasteiger partial charge in [-0.15, -0.1) is 0 Å².